The van der Waals surface area contributed by atoms with Gasteiger partial charge in [-0.15, -0.1) is 0 Å². The Hall–Kier alpha value is -3.06. The molecule has 0 aliphatic carbocycles. The van der Waals surface area contributed by atoms with Crippen LogP contribution in [-0.4, -0.2) is 55.0 Å². The average molecular weight is 382 g/mol. The van der Waals surface area contributed by atoms with Crippen LogP contribution in [0.25, 0.3) is 0 Å². The molecule has 7 heteroatoms. The molecule has 148 valence electrons. The third kappa shape index (κ3) is 5.47. The van der Waals surface area contributed by atoms with Crippen molar-refractivity contribution in [3.63, 3.8) is 0 Å². The lowest BCUT2D eigenvalue weighted by molar-refractivity contribution is -0.114. The van der Waals surface area contributed by atoms with E-state index in [-0.39, 0.29) is 11.9 Å². The van der Waals surface area contributed by atoms with Crippen molar-refractivity contribution in [2.45, 2.75) is 13.5 Å². The van der Waals surface area contributed by atoms with E-state index >= 15 is 0 Å². The Labute approximate surface area is 165 Å². The predicted octanol–water partition coefficient (Wildman–Crippen LogP) is 3.00. The Morgan fingerprint density at radius 2 is 1.46 bits per heavy atom. The van der Waals surface area contributed by atoms with Gasteiger partial charge in [0.15, 0.2) is 0 Å². The smallest absolute Gasteiger partial charge is 0.321 e. The minimum atomic E-state index is -0.121. The van der Waals surface area contributed by atoms with Crippen LogP contribution in [0.4, 0.5) is 16.2 Å². The number of piperazine rings is 1. The monoisotopic (exact) mass is 382 g/mol. The number of amides is 3. The van der Waals surface area contributed by atoms with E-state index in [1.807, 2.05) is 17.0 Å². The molecule has 0 saturated carbocycles. The fourth-order valence-corrected chi connectivity index (χ4v) is 3.14. The molecule has 2 aromatic rings. The van der Waals surface area contributed by atoms with Gasteiger partial charge in [-0.3, -0.25) is 9.69 Å². The predicted molar refractivity (Wildman–Crippen MR) is 110 cm³/mol. The first-order valence-corrected chi connectivity index (χ1v) is 9.32. The fourth-order valence-electron chi connectivity index (χ4n) is 3.14. The molecule has 0 unspecified atom stereocenters. The number of nitrogens with one attached hydrogen (secondary N) is 2. The lowest BCUT2D eigenvalue weighted by Gasteiger charge is -2.34. The van der Waals surface area contributed by atoms with Gasteiger partial charge in [-0.05, 0) is 42.0 Å². The lowest BCUT2D eigenvalue weighted by Crippen LogP contribution is -2.49. The second-order valence-corrected chi connectivity index (χ2v) is 6.80. The Morgan fingerprint density at radius 3 is 2.00 bits per heavy atom. The first-order valence-electron chi connectivity index (χ1n) is 9.32. The van der Waals surface area contributed by atoms with Crippen molar-refractivity contribution in [2.24, 2.45) is 0 Å². The van der Waals surface area contributed by atoms with Crippen molar-refractivity contribution < 1.29 is 14.3 Å². The van der Waals surface area contributed by atoms with Crippen LogP contribution in [0.2, 0.25) is 0 Å². The normalized spacial score (nSPS) is 14.4. The van der Waals surface area contributed by atoms with Crippen LogP contribution in [0.5, 0.6) is 5.75 Å². The summed E-state index contributed by atoms with van der Waals surface area (Å²) in [7, 11) is 1.66. The second kappa shape index (κ2) is 9.23. The number of benzene rings is 2. The molecule has 2 aromatic carbocycles. The SMILES string of the molecule is COc1ccc(CN2CCN(C(=O)Nc3ccc(NC(C)=O)cc3)CC2)cc1. The molecule has 7 nitrogen and oxygen atoms in total. The van der Waals surface area contributed by atoms with Crippen molar-refractivity contribution in [3.8, 4) is 5.75 Å². The van der Waals surface area contributed by atoms with Crippen molar-refractivity contribution in [2.75, 3.05) is 43.9 Å². The molecule has 3 rings (SSSR count). The van der Waals surface area contributed by atoms with Crippen molar-refractivity contribution in [3.05, 3.63) is 54.1 Å². The zero-order valence-corrected chi connectivity index (χ0v) is 16.3. The topological polar surface area (TPSA) is 73.9 Å². The Bertz CT molecular complexity index is 797. The number of anilines is 2. The number of carbonyl (C=O) groups excluding carboxylic acids is 2. The van der Waals surface area contributed by atoms with Crippen LogP contribution < -0.4 is 15.4 Å². The highest BCUT2D eigenvalue weighted by Gasteiger charge is 2.21. The van der Waals surface area contributed by atoms with Gasteiger partial charge in [-0.2, -0.15) is 0 Å². The quantitative estimate of drug-likeness (QED) is 0.834. The zero-order valence-electron chi connectivity index (χ0n) is 16.3. The Balaban J connectivity index is 1.46. The van der Waals surface area contributed by atoms with Crippen LogP contribution >= 0.6 is 0 Å². The van der Waals surface area contributed by atoms with Crippen LogP contribution in [-0.2, 0) is 11.3 Å². The van der Waals surface area contributed by atoms with Gasteiger partial charge in [0.25, 0.3) is 0 Å². The Morgan fingerprint density at radius 1 is 0.893 bits per heavy atom. The fraction of sp³-hybridized carbons (Fsp3) is 0.333. The number of carbonyl (C=O) groups is 2. The first kappa shape index (κ1) is 19.7. The molecular formula is C21H26N4O3. The van der Waals surface area contributed by atoms with E-state index in [2.05, 4.69) is 27.7 Å². The van der Waals surface area contributed by atoms with E-state index in [0.29, 0.717) is 24.5 Å². The van der Waals surface area contributed by atoms with E-state index in [1.165, 1.54) is 12.5 Å². The maximum absolute atomic E-state index is 12.5. The van der Waals surface area contributed by atoms with Crippen molar-refractivity contribution in [1.82, 2.24) is 9.80 Å². The summed E-state index contributed by atoms with van der Waals surface area (Å²) < 4.78 is 5.19. The summed E-state index contributed by atoms with van der Waals surface area (Å²) in [6.07, 6.45) is 0. The van der Waals surface area contributed by atoms with Gasteiger partial charge in [-0.1, -0.05) is 12.1 Å². The zero-order chi connectivity index (χ0) is 19.9. The molecule has 3 amide bonds. The van der Waals surface area contributed by atoms with Crippen LogP contribution in [0.1, 0.15) is 12.5 Å². The molecule has 2 N–H and O–H groups in total. The average Bonchev–Trinajstić information content (AvgIpc) is 2.70. The van der Waals surface area contributed by atoms with Crippen LogP contribution in [0, 0.1) is 0 Å². The molecule has 1 aliphatic rings. The Kier molecular flexibility index (Phi) is 6.49. The molecule has 28 heavy (non-hydrogen) atoms. The van der Waals surface area contributed by atoms with E-state index < -0.39 is 0 Å². The number of hydrogen-bond donors (Lipinski definition) is 2. The van der Waals surface area contributed by atoms with Gasteiger partial charge in [0.2, 0.25) is 5.91 Å². The van der Waals surface area contributed by atoms with Crippen LogP contribution in [0.15, 0.2) is 48.5 Å². The summed E-state index contributed by atoms with van der Waals surface area (Å²) >= 11 is 0. The van der Waals surface area contributed by atoms with Gasteiger partial charge in [0.1, 0.15) is 5.75 Å². The summed E-state index contributed by atoms with van der Waals surface area (Å²) in [5.41, 5.74) is 2.65. The number of urea groups is 1. The first-order chi connectivity index (χ1) is 13.5. The summed E-state index contributed by atoms with van der Waals surface area (Å²) in [6, 6.07) is 15.1. The second-order valence-electron chi connectivity index (χ2n) is 6.80. The standard InChI is InChI=1S/C21H26N4O3/c1-16(26)22-18-5-7-19(8-6-18)23-21(27)25-13-11-24(12-14-25)15-17-3-9-20(28-2)10-4-17/h3-10H,11-15H2,1-2H3,(H,22,26)(H,23,27). The maximum atomic E-state index is 12.5. The van der Waals surface area contributed by atoms with Crippen molar-refractivity contribution >= 4 is 23.3 Å². The molecule has 0 radical (unpaired) electrons. The highest BCUT2D eigenvalue weighted by molar-refractivity contribution is 5.91. The van der Waals surface area contributed by atoms with E-state index in [4.69, 9.17) is 4.74 Å². The van der Waals surface area contributed by atoms with Gasteiger partial charge < -0.3 is 20.3 Å². The minimum Gasteiger partial charge on any atom is -0.497 e. The molecule has 0 spiro atoms. The lowest BCUT2D eigenvalue weighted by atomic mass is 10.2. The molecule has 1 fully saturated rings. The maximum Gasteiger partial charge on any atom is 0.321 e. The third-order valence-corrected chi connectivity index (χ3v) is 4.68. The van der Waals surface area contributed by atoms with Crippen molar-refractivity contribution in [1.29, 1.82) is 0 Å². The molecule has 0 bridgehead atoms. The van der Waals surface area contributed by atoms with Gasteiger partial charge in [0.05, 0.1) is 7.11 Å². The number of hydrogen-bond acceptors (Lipinski definition) is 4. The van der Waals surface area contributed by atoms with E-state index in [0.717, 1.165) is 25.4 Å². The molecule has 0 atom stereocenters. The largest absolute Gasteiger partial charge is 0.497 e. The molecule has 0 aromatic heterocycles. The van der Waals surface area contributed by atoms with Gasteiger partial charge >= 0.3 is 6.03 Å². The molecule has 1 aliphatic heterocycles. The number of nitrogens with zero attached hydrogens (tertiary/aromatic N) is 2. The molecule has 1 saturated heterocycles. The molecular weight excluding hydrogens is 356 g/mol. The molecule has 1 heterocycles. The summed E-state index contributed by atoms with van der Waals surface area (Å²) in [4.78, 5) is 27.7. The summed E-state index contributed by atoms with van der Waals surface area (Å²) in [5, 5.41) is 5.62. The minimum absolute atomic E-state index is 0.101. The van der Waals surface area contributed by atoms with Gasteiger partial charge in [-0.25, -0.2) is 4.79 Å². The summed E-state index contributed by atoms with van der Waals surface area (Å²) in [6.45, 7) is 5.37. The third-order valence-electron chi connectivity index (χ3n) is 4.68. The van der Waals surface area contributed by atoms with Crippen LogP contribution in [0.3, 0.4) is 0 Å². The highest BCUT2D eigenvalue weighted by atomic mass is 16.5. The van der Waals surface area contributed by atoms with Gasteiger partial charge in [0, 0.05) is 51.0 Å². The number of ether oxygens (including phenoxy) is 1. The number of rotatable bonds is 5. The van der Waals surface area contributed by atoms with E-state index in [1.54, 1.807) is 31.4 Å². The van der Waals surface area contributed by atoms with E-state index in [9.17, 15) is 9.59 Å². The summed E-state index contributed by atoms with van der Waals surface area (Å²) in [5.74, 6) is 0.736. The highest BCUT2D eigenvalue weighted by Crippen LogP contribution is 2.16. The number of methoxy groups -OCH3 is 1.